The summed E-state index contributed by atoms with van der Waals surface area (Å²) in [4.78, 5) is 39.9. The van der Waals surface area contributed by atoms with Crippen LogP contribution in [0.1, 0.15) is 66.0 Å². The first-order chi connectivity index (χ1) is 14.9. The molecule has 180 valence electrons. The number of amides is 3. The van der Waals surface area contributed by atoms with Crippen molar-refractivity contribution in [2.75, 3.05) is 13.2 Å². The minimum absolute atomic E-state index is 0.0291. The molecule has 0 bridgehead atoms. The summed E-state index contributed by atoms with van der Waals surface area (Å²) in [7, 11) is 0. The van der Waals surface area contributed by atoms with E-state index in [-0.39, 0.29) is 24.2 Å². The van der Waals surface area contributed by atoms with Gasteiger partial charge in [0.2, 0.25) is 11.8 Å². The Morgan fingerprint density at radius 3 is 2.16 bits per heavy atom. The molecule has 1 aromatic carbocycles. The summed E-state index contributed by atoms with van der Waals surface area (Å²) in [6, 6.07) is 3.60. The maximum atomic E-state index is 13.3. The molecule has 3 unspecified atom stereocenters. The molecule has 1 rings (SSSR count). The molecule has 3 amide bonds. The topological polar surface area (TPSA) is 128 Å². The summed E-state index contributed by atoms with van der Waals surface area (Å²) in [5, 5.41) is 24.7. The fourth-order valence-corrected chi connectivity index (χ4v) is 3.26. The van der Waals surface area contributed by atoms with Gasteiger partial charge in [-0.1, -0.05) is 25.5 Å². The number of alkyl carbamates (subject to hydrolysis) is 1. The van der Waals surface area contributed by atoms with E-state index in [4.69, 9.17) is 4.74 Å². The molecule has 1 aromatic rings. The molecule has 0 fully saturated rings. The first kappa shape index (κ1) is 27.2. The fourth-order valence-electron chi connectivity index (χ4n) is 3.26. The standard InChI is InChI=1S/C23H37N3O6/c1-7-9-15(3)24-20(29)19(16-10-12-17(28)13-11-16)26(8-2)21(30)18(14-27)25-22(31)32-23(4,5)6/h10-13,15,18-19,27-28H,7-9,14H2,1-6H3,(H,24,29)(H,25,31). The second-order valence-corrected chi connectivity index (χ2v) is 8.70. The highest BCUT2D eigenvalue weighted by atomic mass is 16.6. The van der Waals surface area contributed by atoms with E-state index >= 15 is 0 Å². The molecular weight excluding hydrogens is 414 g/mol. The number of carbonyl (C=O) groups is 3. The Bertz CT molecular complexity index is 760. The van der Waals surface area contributed by atoms with Crippen molar-refractivity contribution in [1.29, 1.82) is 0 Å². The van der Waals surface area contributed by atoms with E-state index in [1.165, 1.54) is 17.0 Å². The normalized spacial score (nSPS) is 14.1. The molecule has 0 aliphatic carbocycles. The molecule has 0 aromatic heterocycles. The molecule has 0 spiro atoms. The van der Waals surface area contributed by atoms with Crippen LogP contribution in [-0.4, -0.2) is 63.9 Å². The zero-order valence-corrected chi connectivity index (χ0v) is 19.8. The molecule has 0 heterocycles. The molecule has 0 aliphatic rings. The highest BCUT2D eigenvalue weighted by molar-refractivity contribution is 5.92. The van der Waals surface area contributed by atoms with Crippen molar-refractivity contribution in [3.05, 3.63) is 29.8 Å². The Labute approximate surface area is 190 Å². The van der Waals surface area contributed by atoms with Crippen molar-refractivity contribution >= 4 is 17.9 Å². The van der Waals surface area contributed by atoms with Gasteiger partial charge in [0.05, 0.1) is 6.61 Å². The molecule has 0 saturated heterocycles. The number of nitrogens with one attached hydrogen (secondary N) is 2. The number of hydrogen-bond donors (Lipinski definition) is 4. The molecule has 0 aliphatic heterocycles. The van der Waals surface area contributed by atoms with Gasteiger partial charge >= 0.3 is 6.09 Å². The Morgan fingerprint density at radius 2 is 1.69 bits per heavy atom. The van der Waals surface area contributed by atoms with Crippen molar-refractivity contribution in [3.63, 3.8) is 0 Å². The van der Waals surface area contributed by atoms with E-state index in [2.05, 4.69) is 10.6 Å². The average molecular weight is 452 g/mol. The smallest absolute Gasteiger partial charge is 0.408 e. The fraction of sp³-hybridized carbons (Fsp3) is 0.609. The average Bonchev–Trinajstić information content (AvgIpc) is 2.69. The number of likely N-dealkylation sites (N-methyl/N-ethyl adjacent to an activating group) is 1. The maximum Gasteiger partial charge on any atom is 0.408 e. The molecule has 0 radical (unpaired) electrons. The largest absolute Gasteiger partial charge is 0.508 e. The van der Waals surface area contributed by atoms with Crippen LogP contribution in [0.15, 0.2) is 24.3 Å². The summed E-state index contributed by atoms with van der Waals surface area (Å²) in [5.74, 6) is -0.987. The second kappa shape index (κ2) is 12.3. The van der Waals surface area contributed by atoms with Gasteiger partial charge in [-0.3, -0.25) is 9.59 Å². The molecule has 3 atom stereocenters. The Morgan fingerprint density at radius 1 is 1.09 bits per heavy atom. The lowest BCUT2D eigenvalue weighted by molar-refractivity contribution is -0.143. The van der Waals surface area contributed by atoms with Gasteiger partial charge in [-0.25, -0.2) is 4.79 Å². The van der Waals surface area contributed by atoms with Crippen molar-refractivity contribution < 1.29 is 29.3 Å². The highest BCUT2D eigenvalue weighted by Gasteiger charge is 2.35. The van der Waals surface area contributed by atoms with Gasteiger partial charge in [0, 0.05) is 12.6 Å². The first-order valence-electron chi connectivity index (χ1n) is 10.9. The van der Waals surface area contributed by atoms with Crippen LogP contribution in [0.3, 0.4) is 0 Å². The van der Waals surface area contributed by atoms with Gasteiger partial charge < -0.3 is 30.5 Å². The van der Waals surface area contributed by atoms with Gasteiger partial charge in [-0.15, -0.1) is 0 Å². The third-order valence-electron chi connectivity index (χ3n) is 4.67. The van der Waals surface area contributed by atoms with Crippen molar-refractivity contribution in [1.82, 2.24) is 15.5 Å². The molecule has 4 N–H and O–H groups in total. The van der Waals surface area contributed by atoms with Crippen LogP contribution in [-0.2, 0) is 14.3 Å². The van der Waals surface area contributed by atoms with Crippen LogP contribution in [0.25, 0.3) is 0 Å². The van der Waals surface area contributed by atoms with Gasteiger partial charge in [0.25, 0.3) is 0 Å². The molecule has 9 heteroatoms. The predicted octanol–water partition coefficient (Wildman–Crippen LogP) is 2.47. The van der Waals surface area contributed by atoms with Crippen LogP contribution in [0, 0.1) is 0 Å². The van der Waals surface area contributed by atoms with E-state index < -0.39 is 36.3 Å². The number of aliphatic hydroxyl groups excluding tert-OH is 1. The highest BCUT2D eigenvalue weighted by Crippen LogP contribution is 2.24. The third kappa shape index (κ3) is 8.37. The lowest BCUT2D eigenvalue weighted by atomic mass is 10.0. The Balaban J connectivity index is 3.22. The number of nitrogens with zero attached hydrogens (tertiary/aromatic N) is 1. The van der Waals surface area contributed by atoms with E-state index in [0.717, 1.165) is 12.8 Å². The van der Waals surface area contributed by atoms with E-state index in [9.17, 15) is 24.6 Å². The quantitative estimate of drug-likeness (QED) is 0.433. The molecule has 9 nitrogen and oxygen atoms in total. The lowest BCUT2D eigenvalue weighted by Gasteiger charge is -2.34. The van der Waals surface area contributed by atoms with Crippen LogP contribution >= 0.6 is 0 Å². The summed E-state index contributed by atoms with van der Waals surface area (Å²) in [5.41, 5.74) is -0.283. The summed E-state index contributed by atoms with van der Waals surface area (Å²) in [6.07, 6.45) is 0.810. The summed E-state index contributed by atoms with van der Waals surface area (Å²) in [6.45, 7) is 10.1. The number of phenols is 1. The number of benzene rings is 1. The Hall–Kier alpha value is -2.81. The zero-order valence-electron chi connectivity index (χ0n) is 19.8. The van der Waals surface area contributed by atoms with Gasteiger partial charge in [-0.2, -0.15) is 0 Å². The number of aromatic hydroxyl groups is 1. The number of aliphatic hydroxyl groups is 1. The summed E-state index contributed by atoms with van der Waals surface area (Å²) >= 11 is 0. The first-order valence-corrected chi connectivity index (χ1v) is 10.9. The van der Waals surface area contributed by atoms with E-state index in [0.29, 0.717) is 5.56 Å². The van der Waals surface area contributed by atoms with Gasteiger partial charge in [0.15, 0.2) is 0 Å². The minimum Gasteiger partial charge on any atom is -0.508 e. The van der Waals surface area contributed by atoms with Gasteiger partial charge in [0.1, 0.15) is 23.4 Å². The maximum absolute atomic E-state index is 13.3. The van der Waals surface area contributed by atoms with Crippen LogP contribution in [0.5, 0.6) is 5.75 Å². The van der Waals surface area contributed by atoms with E-state index in [1.54, 1.807) is 39.8 Å². The van der Waals surface area contributed by atoms with Gasteiger partial charge in [-0.05, 0) is 58.7 Å². The van der Waals surface area contributed by atoms with Crippen LogP contribution in [0.2, 0.25) is 0 Å². The summed E-state index contributed by atoms with van der Waals surface area (Å²) < 4.78 is 5.18. The third-order valence-corrected chi connectivity index (χ3v) is 4.67. The SMILES string of the molecule is CCCC(C)NC(=O)C(c1ccc(O)cc1)N(CC)C(=O)C(CO)NC(=O)OC(C)(C)C. The lowest BCUT2D eigenvalue weighted by Crippen LogP contribution is -2.54. The number of ether oxygens (including phenoxy) is 1. The Kier molecular flexibility index (Phi) is 10.5. The molecular formula is C23H37N3O6. The number of rotatable bonds is 10. The van der Waals surface area contributed by atoms with Crippen molar-refractivity contribution in [3.8, 4) is 5.75 Å². The number of carbonyl (C=O) groups excluding carboxylic acids is 3. The van der Waals surface area contributed by atoms with E-state index in [1.807, 2.05) is 13.8 Å². The van der Waals surface area contributed by atoms with Crippen molar-refractivity contribution in [2.24, 2.45) is 0 Å². The zero-order chi connectivity index (χ0) is 24.5. The predicted molar refractivity (Wildman–Crippen MR) is 121 cm³/mol. The number of hydrogen-bond acceptors (Lipinski definition) is 6. The number of phenolic OH excluding ortho intramolecular Hbond substituents is 1. The minimum atomic E-state index is -1.29. The van der Waals surface area contributed by atoms with Crippen LogP contribution < -0.4 is 10.6 Å². The molecule has 0 saturated carbocycles. The second-order valence-electron chi connectivity index (χ2n) is 8.70. The van der Waals surface area contributed by atoms with Crippen molar-refractivity contribution in [2.45, 2.75) is 78.1 Å². The monoisotopic (exact) mass is 451 g/mol. The molecule has 32 heavy (non-hydrogen) atoms. The van der Waals surface area contributed by atoms with Crippen LogP contribution in [0.4, 0.5) is 4.79 Å².